The van der Waals surface area contributed by atoms with Crippen molar-refractivity contribution in [3.05, 3.63) is 66.1 Å². The molecule has 0 heterocycles. The molecule has 0 aliphatic heterocycles. The average Bonchev–Trinajstić information content (AvgIpc) is 2.34. The molecule has 0 saturated heterocycles. The van der Waals surface area contributed by atoms with Crippen molar-refractivity contribution in [2.75, 3.05) is 11.5 Å². The second kappa shape index (κ2) is 10.0. The Kier molecular flexibility index (Phi) is 10.1. The largest absolute Gasteiger partial charge is 0.399 e. The van der Waals surface area contributed by atoms with Crippen LogP contribution in [0.1, 0.15) is 11.1 Å². The van der Waals surface area contributed by atoms with E-state index < -0.39 is 0 Å². The first-order chi connectivity index (χ1) is 8.24. The number of hydrogen-bond donors (Lipinski definition) is 2. The van der Waals surface area contributed by atoms with Crippen molar-refractivity contribution < 1.29 is 64.6 Å². The van der Waals surface area contributed by atoms with Gasteiger partial charge >= 0.3 is 0 Å². The molecule has 0 amide bonds. The molecule has 2 rings (SSSR count). The number of nitrogen functional groups attached to an aromatic ring is 2. The van der Waals surface area contributed by atoms with Crippen LogP contribution in [0.15, 0.2) is 48.5 Å². The molecule has 4 heteroatoms. The summed E-state index contributed by atoms with van der Waals surface area (Å²) in [6.45, 7) is 0. The van der Waals surface area contributed by atoms with Gasteiger partial charge in [0.15, 0.2) is 0 Å². The molecule has 0 aromatic heterocycles. The van der Waals surface area contributed by atoms with Crippen molar-refractivity contribution >= 4 is 11.4 Å². The molecule has 0 spiro atoms. The van der Waals surface area contributed by atoms with Crippen LogP contribution in [0.2, 0.25) is 0 Å². The first-order valence-corrected chi connectivity index (χ1v) is 5.74. The third kappa shape index (κ3) is 6.97. The fourth-order valence-corrected chi connectivity index (χ4v) is 1.71. The van der Waals surface area contributed by atoms with Crippen LogP contribution in [0, 0.1) is 71.0 Å². The van der Waals surface area contributed by atoms with Gasteiger partial charge < -0.3 is 17.9 Å². The van der Waals surface area contributed by atoms with Gasteiger partial charge in [0.25, 0.3) is 0 Å². The van der Waals surface area contributed by atoms with Gasteiger partial charge in [0, 0.05) is 76.0 Å². The summed E-state index contributed by atoms with van der Waals surface area (Å²) in [5.41, 5.74) is 15.5. The number of nitrogens with two attached hydrogens (primary N) is 2. The van der Waals surface area contributed by atoms with Crippen LogP contribution in [0.5, 0.6) is 0 Å². The van der Waals surface area contributed by atoms with Crippen LogP contribution in [0.4, 0.5) is 11.4 Å². The van der Waals surface area contributed by atoms with Gasteiger partial charge in [0.05, 0.1) is 0 Å². The van der Waals surface area contributed by atoms with E-state index in [0.717, 1.165) is 24.2 Å². The fraction of sp³-hybridized carbons (Fsp3) is 0.133. The molecule has 94 valence electrons. The molecule has 0 bridgehead atoms. The third-order valence-electron chi connectivity index (χ3n) is 2.72. The summed E-state index contributed by atoms with van der Waals surface area (Å²) in [5.74, 6) is 0. The Morgan fingerprint density at radius 2 is 0.947 bits per heavy atom. The predicted octanol–water partition coefficient (Wildman–Crippen LogP) is 2.84. The van der Waals surface area contributed by atoms with Crippen molar-refractivity contribution in [2.24, 2.45) is 0 Å². The maximum absolute atomic E-state index is 5.64. The van der Waals surface area contributed by atoms with Crippen molar-refractivity contribution in [1.29, 1.82) is 0 Å². The zero-order valence-corrected chi connectivity index (χ0v) is 20.5. The Labute approximate surface area is 164 Å². The van der Waals surface area contributed by atoms with Gasteiger partial charge in [-0.15, -0.1) is 0 Å². The summed E-state index contributed by atoms with van der Waals surface area (Å²) < 4.78 is 0. The molecule has 2 nitrogen and oxygen atoms in total. The minimum Gasteiger partial charge on any atom is -0.399 e. The Morgan fingerprint density at radius 3 is 1.26 bits per heavy atom. The Hall–Kier alpha value is 0.222. The van der Waals surface area contributed by atoms with E-state index >= 15 is 0 Å². The van der Waals surface area contributed by atoms with E-state index in [1.54, 1.807) is 0 Å². The number of hydrogen-bond acceptors (Lipinski definition) is 2. The van der Waals surface area contributed by atoms with Gasteiger partial charge in [0.2, 0.25) is 0 Å². The molecule has 2 aromatic carbocycles. The first-order valence-electron chi connectivity index (χ1n) is 5.74. The van der Waals surface area contributed by atoms with Gasteiger partial charge in [0.1, 0.15) is 0 Å². The van der Waals surface area contributed by atoms with Crippen LogP contribution < -0.4 is 11.5 Å². The molecule has 0 fully saturated rings. The standard InChI is InChI=1S/C15H17N2.2Pa/c16-14-8-4-12(5-9-14)2-1-3-13-6-10-15(17)11-7-13;;/h1,4-11H,2-3,16-17H2;;/q-1;;. The normalized spacial score (nSPS) is 9.26. The molecule has 0 saturated carbocycles. The summed E-state index contributed by atoms with van der Waals surface area (Å²) in [5, 5.41) is 0. The zero-order valence-electron chi connectivity index (χ0n) is 10.9. The van der Waals surface area contributed by atoms with Crippen molar-refractivity contribution in [3.63, 3.8) is 0 Å². The molecule has 0 unspecified atom stereocenters. The molecule has 19 heavy (non-hydrogen) atoms. The average molecular weight is 687 g/mol. The first kappa shape index (κ1) is 19.2. The number of anilines is 2. The van der Waals surface area contributed by atoms with Crippen LogP contribution in [-0.4, -0.2) is 0 Å². The van der Waals surface area contributed by atoms with Crippen molar-refractivity contribution in [3.8, 4) is 0 Å². The molecular weight excluding hydrogens is 670 g/mol. The summed E-state index contributed by atoms with van der Waals surface area (Å²) >= 11 is 0. The van der Waals surface area contributed by atoms with Crippen LogP contribution >= 0.6 is 0 Å². The van der Waals surface area contributed by atoms with E-state index in [4.69, 9.17) is 11.5 Å². The van der Waals surface area contributed by atoms with Gasteiger partial charge in [-0.3, -0.25) is 0 Å². The third-order valence-corrected chi connectivity index (χ3v) is 2.72. The van der Waals surface area contributed by atoms with E-state index in [1.807, 2.05) is 24.3 Å². The van der Waals surface area contributed by atoms with Crippen LogP contribution in [0.3, 0.4) is 0 Å². The molecule has 0 aliphatic carbocycles. The molecule has 0 atom stereocenters. The minimum atomic E-state index is 0. The SMILES string of the molecule is Nc1ccc(C[CH-]Cc2ccc(N)cc2)cc1.[Pa].[Pa]. The van der Waals surface area contributed by atoms with Crippen LogP contribution in [0.25, 0.3) is 0 Å². The van der Waals surface area contributed by atoms with E-state index in [1.165, 1.54) is 11.1 Å². The van der Waals surface area contributed by atoms with Gasteiger partial charge in [-0.2, -0.15) is 12.8 Å². The maximum atomic E-state index is 5.64. The Morgan fingerprint density at radius 1 is 0.632 bits per heavy atom. The van der Waals surface area contributed by atoms with Gasteiger partial charge in [-0.05, 0) is 24.3 Å². The molecule has 0 aliphatic rings. The van der Waals surface area contributed by atoms with Gasteiger partial charge in [-0.1, -0.05) is 35.4 Å². The van der Waals surface area contributed by atoms with E-state index in [2.05, 4.69) is 30.7 Å². The quantitative estimate of drug-likeness (QED) is 0.384. The number of benzene rings is 2. The van der Waals surface area contributed by atoms with Crippen molar-refractivity contribution in [1.82, 2.24) is 0 Å². The Balaban J connectivity index is 0.00000162. The molecule has 2 aromatic rings. The Bertz CT molecular complexity index is 421. The second-order valence-electron chi connectivity index (χ2n) is 4.18. The number of rotatable bonds is 4. The maximum Gasteiger partial charge on any atom is 0.0314 e. The summed E-state index contributed by atoms with van der Waals surface area (Å²) in [7, 11) is 0. The van der Waals surface area contributed by atoms with E-state index in [0.29, 0.717) is 0 Å². The summed E-state index contributed by atoms with van der Waals surface area (Å²) in [6.07, 6.45) is 4.19. The van der Waals surface area contributed by atoms with Gasteiger partial charge in [-0.25, -0.2) is 0 Å². The smallest absolute Gasteiger partial charge is 0.0314 e. The van der Waals surface area contributed by atoms with E-state index in [-0.39, 0.29) is 64.6 Å². The second-order valence-corrected chi connectivity index (χ2v) is 4.18. The molecule has 2 radical (unpaired) electrons. The van der Waals surface area contributed by atoms with E-state index in [9.17, 15) is 0 Å². The van der Waals surface area contributed by atoms with Crippen molar-refractivity contribution in [2.45, 2.75) is 12.8 Å². The topological polar surface area (TPSA) is 52.0 Å². The monoisotopic (exact) mass is 687 g/mol. The minimum absolute atomic E-state index is 0. The summed E-state index contributed by atoms with van der Waals surface area (Å²) in [6, 6.07) is 16.0. The molecular formula is C15H17N2Pa2-. The van der Waals surface area contributed by atoms with Crippen LogP contribution in [-0.2, 0) is 12.8 Å². The molecule has 4 N–H and O–H groups in total. The predicted molar refractivity (Wildman–Crippen MR) is 73.4 cm³/mol. The zero-order chi connectivity index (χ0) is 12.1. The summed E-state index contributed by atoms with van der Waals surface area (Å²) in [4.78, 5) is 0. The fourth-order valence-electron chi connectivity index (χ4n) is 1.71.